The Hall–Kier alpha value is -1.27. The quantitative estimate of drug-likeness (QED) is 0.925. The number of benzene rings is 1. The number of imidazole rings is 1. The molecule has 1 N–H and O–H groups in total. The molecular formula is C11H11N2O2S2. The lowest BCUT2D eigenvalue weighted by Gasteiger charge is -2.06. The summed E-state index contributed by atoms with van der Waals surface area (Å²) in [6.45, 7) is 3.79. The van der Waals surface area contributed by atoms with Crippen molar-refractivity contribution in [2.45, 2.75) is 14.9 Å². The van der Waals surface area contributed by atoms with Crippen molar-refractivity contribution in [3.8, 4) is 0 Å². The Kier molecular flexibility index (Phi) is 3.26. The molecule has 1 aromatic heterocycles. The van der Waals surface area contributed by atoms with Crippen molar-refractivity contribution in [3.63, 3.8) is 0 Å². The van der Waals surface area contributed by atoms with Crippen LogP contribution in [0, 0.1) is 6.92 Å². The number of nitrogens with one attached hydrogen (secondary N) is 1. The molecule has 0 aliphatic carbocycles. The Labute approximate surface area is 104 Å². The average Bonchev–Trinajstić information content (AvgIpc) is 2.68. The topological polar surface area (TPSA) is 62.8 Å². The van der Waals surface area contributed by atoms with Gasteiger partial charge in [0.05, 0.1) is 4.90 Å². The molecule has 89 valence electrons. The highest BCUT2D eigenvalue weighted by Gasteiger charge is 2.14. The van der Waals surface area contributed by atoms with Gasteiger partial charge in [0.1, 0.15) is 0 Å². The van der Waals surface area contributed by atoms with Crippen molar-refractivity contribution in [3.05, 3.63) is 43.1 Å². The molecule has 0 aliphatic rings. The number of aromatic nitrogens is 2. The maximum Gasteiger partial charge on any atom is 0.176 e. The van der Waals surface area contributed by atoms with E-state index in [0.29, 0.717) is 14.9 Å². The summed E-state index contributed by atoms with van der Waals surface area (Å²) < 4.78 is 23.3. The maximum atomic E-state index is 11.6. The summed E-state index contributed by atoms with van der Waals surface area (Å²) in [4.78, 5) is 7.91. The fourth-order valence-electron chi connectivity index (χ4n) is 1.35. The highest BCUT2D eigenvalue weighted by atomic mass is 32.2. The highest BCUT2D eigenvalue weighted by Crippen LogP contribution is 2.31. The predicted octanol–water partition coefficient (Wildman–Crippen LogP) is 2.15. The molecule has 0 saturated heterocycles. The largest absolute Gasteiger partial charge is 0.339 e. The molecule has 0 amide bonds. The van der Waals surface area contributed by atoms with E-state index in [0.717, 1.165) is 5.56 Å². The van der Waals surface area contributed by atoms with E-state index in [2.05, 4.69) is 16.9 Å². The second kappa shape index (κ2) is 4.54. The van der Waals surface area contributed by atoms with Crippen LogP contribution in [-0.4, -0.2) is 24.6 Å². The van der Waals surface area contributed by atoms with Gasteiger partial charge in [-0.15, -0.1) is 0 Å². The van der Waals surface area contributed by atoms with Crippen molar-refractivity contribution >= 4 is 21.6 Å². The van der Waals surface area contributed by atoms with Gasteiger partial charge in [0, 0.05) is 23.5 Å². The Morgan fingerprint density at radius 2 is 2.18 bits per heavy atom. The summed E-state index contributed by atoms with van der Waals surface area (Å²) in [6, 6.07) is 5.00. The number of rotatable bonds is 3. The van der Waals surface area contributed by atoms with E-state index in [1.54, 1.807) is 30.6 Å². The van der Waals surface area contributed by atoms with Gasteiger partial charge < -0.3 is 4.98 Å². The predicted molar refractivity (Wildman–Crippen MR) is 66.7 cm³/mol. The van der Waals surface area contributed by atoms with Crippen molar-refractivity contribution in [2.24, 2.45) is 0 Å². The number of aromatic amines is 1. The van der Waals surface area contributed by atoms with Gasteiger partial charge in [-0.3, -0.25) is 0 Å². The van der Waals surface area contributed by atoms with E-state index in [1.165, 1.54) is 18.0 Å². The molecule has 17 heavy (non-hydrogen) atoms. The zero-order chi connectivity index (χ0) is 12.5. The van der Waals surface area contributed by atoms with Crippen LogP contribution in [0.25, 0.3) is 0 Å². The molecule has 0 aliphatic heterocycles. The molecular weight excluding hydrogens is 256 g/mol. The number of nitrogens with zero attached hydrogens (tertiary/aromatic N) is 1. The van der Waals surface area contributed by atoms with Crippen LogP contribution in [0.15, 0.2) is 45.5 Å². The molecule has 0 saturated carbocycles. The lowest BCUT2D eigenvalue weighted by Crippen LogP contribution is -1.99. The Balaban J connectivity index is 2.48. The molecule has 0 spiro atoms. The first-order valence-corrected chi connectivity index (χ1v) is 7.51. The summed E-state index contributed by atoms with van der Waals surface area (Å²) in [5.74, 6) is 0. The molecule has 6 heteroatoms. The lowest BCUT2D eigenvalue weighted by atomic mass is 10.2. The Morgan fingerprint density at radius 3 is 2.76 bits per heavy atom. The van der Waals surface area contributed by atoms with Crippen LogP contribution in [0.2, 0.25) is 0 Å². The molecule has 0 fully saturated rings. The van der Waals surface area contributed by atoms with Crippen molar-refractivity contribution in [1.29, 1.82) is 0 Å². The van der Waals surface area contributed by atoms with Crippen LogP contribution >= 0.6 is 11.8 Å². The monoisotopic (exact) mass is 267 g/mol. The lowest BCUT2D eigenvalue weighted by molar-refractivity contribution is 0.600. The van der Waals surface area contributed by atoms with Crippen molar-refractivity contribution in [1.82, 2.24) is 9.97 Å². The summed E-state index contributed by atoms with van der Waals surface area (Å²) in [7, 11) is -3.24. The zero-order valence-corrected chi connectivity index (χ0v) is 10.8. The first-order chi connectivity index (χ1) is 7.97. The third kappa shape index (κ3) is 2.89. The van der Waals surface area contributed by atoms with Crippen LogP contribution in [0.1, 0.15) is 5.56 Å². The molecule has 1 aromatic carbocycles. The molecule has 1 radical (unpaired) electrons. The van der Waals surface area contributed by atoms with Gasteiger partial charge in [0.15, 0.2) is 15.0 Å². The molecule has 0 unspecified atom stereocenters. The normalized spacial score (nSPS) is 11.6. The first kappa shape index (κ1) is 12.2. The van der Waals surface area contributed by atoms with Gasteiger partial charge in [-0.1, -0.05) is 17.8 Å². The van der Waals surface area contributed by atoms with Crippen LogP contribution < -0.4 is 0 Å². The molecule has 2 rings (SSSR count). The minimum absolute atomic E-state index is 0.298. The standard InChI is InChI=1S/C11H11N2O2S2/c1-8-3-4-10(17(2,14)15)9(7-8)16-11-12-5-6-13-11/h3-7H,1H2,2H3,(H,12,13). The van der Waals surface area contributed by atoms with Crippen molar-refractivity contribution in [2.75, 3.05) is 6.26 Å². The third-order valence-corrected chi connectivity index (χ3v) is 4.35. The fraction of sp³-hybridized carbons (Fsp3) is 0.0909. The van der Waals surface area contributed by atoms with E-state index >= 15 is 0 Å². The van der Waals surface area contributed by atoms with Gasteiger partial charge in [0.25, 0.3) is 0 Å². The Bertz CT molecular complexity index is 619. The average molecular weight is 267 g/mol. The van der Waals surface area contributed by atoms with E-state index in [1.807, 2.05) is 0 Å². The second-order valence-corrected chi connectivity index (χ2v) is 6.56. The number of H-pyrrole nitrogens is 1. The van der Waals surface area contributed by atoms with Crippen molar-refractivity contribution < 1.29 is 8.42 Å². The van der Waals surface area contributed by atoms with Gasteiger partial charge in [-0.05, 0) is 24.6 Å². The van der Waals surface area contributed by atoms with Crippen LogP contribution in [0.5, 0.6) is 0 Å². The van der Waals surface area contributed by atoms with Gasteiger partial charge in [0.2, 0.25) is 0 Å². The van der Waals surface area contributed by atoms with Gasteiger partial charge in [-0.25, -0.2) is 13.4 Å². The van der Waals surface area contributed by atoms with Crippen LogP contribution in [-0.2, 0) is 9.84 Å². The van der Waals surface area contributed by atoms with Gasteiger partial charge >= 0.3 is 0 Å². The summed E-state index contributed by atoms with van der Waals surface area (Å²) >= 11 is 1.28. The van der Waals surface area contributed by atoms with Gasteiger partial charge in [-0.2, -0.15) is 0 Å². The van der Waals surface area contributed by atoms with E-state index < -0.39 is 9.84 Å². The van der Waals surface area contributed by atoms with Crippen LogP contribution in [0.4, 0.5) is 0 Å². The summed E-state index contributed by atoms with van der Waals surface area (Å²) in [5, 5.41) is 0.653. The zero-order valence-electron chi connectivity index (χ0n) is 9.17. The highest BCUT2D eigenvalue weighted by molar-refractivity contribution is 8.00. The summed E-state index contributed by atoms with van der Waals surface area (Å²) in [5.41, 5.74) is 0.770. The number of sulfone groups is 1. The SMILES string of the molecule is [CH2]c1ccc(S(C)(=O)=O)c(Sc2ncc[nH]2)c1. The summed E-state index contributed by atoms with van der Waals surface area (Å²) in [6.07, 6.45) is 4.50. The van der Waals surface area contributed by atoms with E-state index in [-0.39, 0.29) is 0 Å². The van der Waals surface area contributed by atoms with E-state index in [4.69, 9.17) is 0 Å². The maximum absolute atomic E-state index is 11.6. The van der Waals surface area contributed by atoms with Crippen LogP contribution in [0.3, 0.4) is 0 Å². The van der Waals surface area contributed by atoms with E-state index in [9.17, 15) is 8.42 Å². The first-order valence-electron chi connectivity index (χ1n) is 4.80. The smallest absolute Gasteiger partial charge is 0.176 e. The molecule has 0 atom stereocenters. The minimum atomic E-state index is -3.24. The fourth-order valence-corrected chi connectivity index (χ4v) is 3.50. The third-order valence-electron chi connectivity index (χ3n) is 2.09. The molecule has 1 heterocycles. The number of hydrogen-bond donors (Lipinski definition) is 1. The molecule has 4 nitrogen and oxygen atoms in total. The Morgan fingerprint density at radius 1 is 1.41 bits per heavy atom. The second-order valence-electron chi connectivity index (χ2n) is 3.55. The number of hydrogen-bond acceptors (Lipinski definition) is 4. The minimum Gasteiger partial charge on any atom is -0.339 e. The molecule has 0 bridgehead atoms. The molecule has 2 aromatic rings.